The Labute approximate surface area is 162 Å². The third-order valence-corrected chi connectivity index (χ3v) is 4.74. The second kappa shape index (κ2) is 7.41. The Balaban J connectivity index is 1.75. The summed E-state index contributed by atoms with van der Waals surface area (Å²) in [5.74, 6) is 2.53. The van der Waals surface area contributed by atoms with Gasteiger partial charge in [-0.25, -0.2) is 15.0 Å². The molecule has 3 rings (SSSR count). The van der Waals surface area contributed by atoms with Crippen LogP contribution in [0.4, 0.5) is 5.82 Å². The Morgan fingerprint density at radius 2 is 1.67 bits per heavy atom. The van der Waals surface area contributed by atoms with E-state index in [1.165, 1.54) is 0 Å². The monoisotopic (exact) mass is 369 g/mol. The van der Waals surface area contributed by atoms with Crippen LogP contribution in [-0.2, 0) is 10.8 Å². The fourth-order valence-electron chi connectivity index (χ4n) is 3.04. The van der Waals surface area contributed by atoms with E-state index in [4.69, 9.17) is 14.7 Å². The zero-order valence-electron chi connectivity index (χ0n) is 17.4. The average Bonchev–Trinajstić information content (AvgIpc) is 2.61. The highest BCUT2D eigenvalue weighted by molar-refractivity contribution is 5.42. The molecule has 0 atom stereocenters. The molecule has 1 aliphatic heterocycles. The molecule has 0 bridgehead atoms. The first-order chi connectivity index (χ1) is 12.6. The van der Waals surface area contributed by atoms with Crippen LogP contribution in [0, 0.1) is 0 Å². The van der Waals surface area contributed by atoms with Gasteiger partial charge in [-0.1, -0.05) is 41.5 Å². The summed E-state index contributed by atoms with van der Waals surface area (Å²) in [6.07, 6.45) is 7.04. The normalized spacial score (nSPS) is 16.4. The van der Waals surface area contributed by atoms with Crippen molar-refractivity contribution in [1.82, 2.24) is 19.9 Å². The molecule has 0 aliphatic carbocycles. The summed E-state index contributed by atoms with van der Waals surface area (Å²) < 4.78 is 5.96. The van der Waals surface area contributed by atoms with Gasteiger partial charge in [-0.05, 0) is 0 Å². The Bertz CT molecular complexity index is 724. The van der Waals surface area contributed by atoms with E-state index in [0.29, 0.717) is 5.88 Å². The summed E-state index contributed by atoms with van der Waals surface area (Å²) in [7, 11) is 0. The van der Waals surface area contributed by atoms with Crippen LogP contribution in [0.5, 0.6) is 5.88 Å². The van der Waals surface area contributed by atoms with Crippen molar-refractivity contribution in [1.29, 1.82) is 0 Å². The molecule has 2 aromatic heterocycles. The Morgan fingerprint density at radius 1 is 0.963 bits per heavy atom. The lowest BCUT2D eigenvalue weighted by Gasteiger charge is -2.34. The molecule has 0 unspecified atom stereocenters. The molecular weight excluding hydrogens is 338 g/mol. The van der Waals surface area contributed by atoms with Crippen LogP contribution in [0.3, 0.4) is 0 Å². The van der Waals surface area contributed by atoms with Crippen LogP contribution in [0.15, 0.2) is 24.7 Å². The molecule has 1 fully saturated rings. The van der Waals surface area contributed by atoms with E-state index < -0.39 is 0 Å². The topological polar surface area (TPSA) is 64.0 Å². The maximum Gasteiger partial charge on any atom is 0.232 e. The molecule has 1 saturated heterocycles. The summed E-state index contributed by atoms with van der Waals surface area (Å²) in [6.45, 7) is 14.9. The number of hydrogen-bond donors (Lipinski definition) is 0. The summed E-state index contributed by atoms with van der Waals surface area (Å²) in [6, 6.07) is 2.15. The zero-order valence-corrected chi connectivity index (χ0v) is 17.4. The van der Waals surface area contributed by atoms with E-state index >= 15 is 0 Å². The van der Waals surface area contributed by atoms with Crippen molar-refractivity contribution >= 4 is 5.82 Å². The lowest BCUT2D eigenvalue weighted by molar-refractivity contribution is 0.163. The Hall–Kier alpha value is -2.24. The molecule has 0 amide bonds. The van der Waals surface area contributed by atoms with Gasteiger partial charge in [-0.3, -0.25) is 4.98 Å². The van der Waals surface area contributed by atoms with Crippen LogP contribution in [0.2, 0.25) is 0 Å². The smallest absolute Gasteiger partial charge is 0.232 e. The van der Waals surface area contributed by atoms with E-state index in [0.717, 1.165) is 43.3 Å². The lowest BCUT2D eigenvalue weighted by atomic mass is 9.90. The number of nitrogens with zero attached hydrogens (tertiary/aromatic N) is 5. The molecular formula is C21H31N5O. The van der Waals surface area contributed by atoms with Gasteiger partial charge in [0.05, 0.1) is 11.9 Å². The largest absolute Gasteiger partial charge is 0.473 e. The summed E-state index contributed by atoms with van der Waals surface area (Å²) in [5, 5.41) is 0. The van der Waals surface area contributed by atoms with Crippen LogP contribution >= 0.6 is 0 Å². The van der Waals surface area contributed by atoms with E-state index in [2.05, 4.69) is 62.5 Å². The van der Waals surface area contributed by atoms with Crippen LogP contribution in [0.1, 0.15) is 65.9 Å². The van der Waals surface area contributed by atoms with Gasteiger partial charge in [-0.2, -0.15) is 0 Å². The van der Waals surface area contributed by atoms with Gasteiger partial charge in [0.2, 0.25) is 5.88 Å². The van der Waals surface area contributed by atoms with E-state index in [-0.39, 0.29) is 16.9 Å². The van der Waals surface area contributed by atoms with Gasteiger partial charge in [-0.15, -0.1) is 0 Å². The quantitative estimate of drug-likeness (QED) is 0.817. The predicted octanol–water partition coefficient (Wildman–Crippen LogP) is 3.91. The van der Waals surface area contributed by atoms with E-state index in [9.17, 15) is 0 Å². The van der Waals surface area contributed by atoms with Crippen LogP contribution in [0.25, 0.3) is 0 Å². The van der Waals surface area contributed by atoms with Gasteiger partial charge in [0.15, 0.2) is 0 Å². The maximum atomic E-state index is 5.96. The Morgan fingerprint density at radius 3 is 2.22 bits per heavy atom. The van der Waals surface area contributed by atoms with Gasteiger partial charge in [0.1, 0.15) is 17.7 Å². The van der Waals surface area contributed by atoms with Crippen molar-refractivity contribution in [3.8, 4) is 5.88 Å². The highest BCUT2D eigenvalue weighted by Crippen LogP contribution is 2.29. The first kappa shape index (κ1) is 19.5. The minimum Gasteiger partial charge on any atom is -0.473 e. The SMILES string of the molecule is CC(C)(C)c1cc(N2CCC(Oc3cnccn3)CC2)nc(C(C)(C)C)n1. The molecule has 0 spiro atoms. The zero-order chi connectivity index (χ0) is 19.7. The molecule has 146 valence electrons. The molecule has 27 heavy (non-hydrogen) atoms. The average molecular weight is 370 g/mol. The molecule has 0 radical (unpaired) electrons. The second-order valence-corrected chi connectivity index (χ2v) is 9.28. The summed E-state index contributed by atoms with van der Waals surface area (Å²) >= 11 is 0. The van der Waals surface area contributed by atoms with Gasteiger partial charge in [0, 0.05) is 55.2 Å². The number of rotatable bonds is 3. The highest BCUT2D eigenvalue weighted by atomic mass is 16.5. The standard InChI is InChI=1S/C21H31N5O/c1-20(2,3)16-13-17(25-19(24-16)21(4,5)6)26-11-7-15(8-12-26)27-18-14-22-9-10-23-18/h9-10,13-15H,7-8,11-12H2,1-6H3. The number of hydrogen-bond acceptors (Lipinski definition) is 6. The lowest BCUT2D eigenvalue weighted by Crippen LogP contribution is -2.39. The molecule has 1 aliphatic rings. The van der Waals surface area contributed by atoms with Crippen molar-refractivity contribution in [2.45, 2.75) is 71.3 Å². The van der Waals surface area contributed by atoms with Gasteiger partial charge in [0.25, 0.3) is 0 Å². The van der Waals surface area contributed by atoms with E-state index in [1.54, 1.807) is 18.6 Å². The number of ether oxygens (including phenoxy) is 1. The van der Waals surface area contributed by atoms with Crippen molar-refractivity contribution < 1.29 is 4.74 Å². The molecule has 0 aromatic carbocycles. The third kappa shape index (κ3) is 4.93. The highest BCUT2D eigenvalue weighted by Gasteiger charge is 2.27. The van der Waals surface area contributed by atoms with Crippen molar-refractivity contribution in [2.24, 2.45) is 0 Å². The van der Waals surface area contributed by atoms with Crippen LogP contribution < -0.4 is 9.64 Å². The summed E-state index contributed by atoms with van der Waals surface area (Å²) in [5.41, 5.74) is 1.00. The van der Waals surface area contributed by atoms with Gasteiger partial charge >= 0.3 is 0 Å². The minimum absolute atomic E-state index is 0.00883. The first-order valence-corrected chi connectivity index (χ1v) is 9.70. The summed E-state index contributed by atoms with van der Waals surface area (Å²) in [4.78, 5) is 20.4. The van der Waals surface area contributed by atoms with Crippen LogP contribution in [-0.4, -0.2) is 39.1 Å². The fraction of sp³-hybridized carbons (Fsp3) is 0.619. The second-order valence-electron chi connectivity index (χ2n) is 9.28. The molecule has 6 nitrogen and oxygen atoms in total. The molecule has 6 heteroatoms. The predicted molar refractivity (Wildman–Crippen MR) is 107 cm³/mol. The van der Waals surface area contributed by atoms with Crippen molar-refractivity contribution in [3.63, 3.8) is 0 Å². The number of aromatic nitrogens is 4. The third-order valence-electron chi connectivity index (χ3n) is 4.74. The van der Waals surface area contributed by atoms with Gasteiger partial charge < -0.3 is 9.64 Å². The number of piperidine rings is 1. The molecule has 3 heterocycles. The van der Waals surface area contributed by atoms with Crippen molar-refractivity contribution in [2.75, 3.05) is 18.0 Å². The number of anilines is 1. The minimum atomic E-state index is -0.0799. The molecule has 0 saturated carbocycles. The maximum absolute atomic E-state index is 5.96. The first-order valence-electron chi connectivity index (χ1n) is 9.70. The van der Waals surface area contributed by atoms with E-state index in [1.807, 2.05) is 0 Å². The molecule has 0 N–H and O–H groups in total. The Kier molecular flexibility index (Phi) is 5.36. The fourth-order valence-corrected chi connectivity index (χ4v) is 3.04. The molecule has 2 aromatic rings. The van der Waals surface area contributed by atoms with Crippen molar-refractivity contribution in [3.05, 3.63) is 36.2 Å².